The van der Waals surface area contributed by atoms with E-state index in [9.17, 15) is 14.0 Å². The lowest BCUT2D eigenvalue weighted by Gasteiger charge is -2.15. The molecule has 1 atom stereocenters. The molecule has 0 aliphatic rings. The van der Waals surface area contributed by atoms with Crippen molar-refractivity contribution in [1.82, 2.24) is 10.6 Å². The molecule has 0 fully saturated rings. The minimum atomic E-state index is -1.10. The zero-order valence-electron chi connectivity index (χ0n) is 11.8. The molecule has 0 spiro atoms. The van der Waals surface area contributed by atoms with E-state index in [1.54, 1.807) is 6.07 Å². The summed E-state index contributed by atoms with van der Waals surface area (Å²) >= 11 is 0. The van der Waals surface area contributed by atoms with Gasteiger partial charge in [-0.25, -0.2) is 14.0 Å². The van der Waals surface area contributed by atoms with Crippen molar-refractivity contribution in [3.63, 3.8) is 0 Å². The maximum absolute atomic E-state index is 13.0. The van der Waals surface area contributed by atoms with Crippen molar-refractivity contribution in [2.45, 2.75) is 25.4 Å². The smallest absolute Gasteiger partial charge is 0.326 e. The molecule has 3 N–H and O–H groups in total. The van der Waals surface area contributed by atoms with Gasteiger partial charge in [0.25, 0.3) is 0 Å². The van der Waals surface area contributed by atoms with Crippen LogP contribution in [0.3, 0.4) is 0 Å². The summed E-state index contributed by atoms with van der Waals surface area (Å²) in [6.45, 7) is 0.546. The minimum Gasteiger partial charge on any atom is -0.480 e. The number of ether oxygens (including phenoxy) is 1. The molecule has 21 heavy (non-hydrogen) atoms. The van der Waals surface area contributed by atoms with Crippen molar-refractivity contribution < 1.29 is 23.8 Å². The fourth-order valence-corrected chi connectivity index (χ4v) is 1.73. The van der Waals surface area contributed by atoms with Crippen LogP contribution in [0.1, 0.15) is 18.4 Å². The molecule has 1 aromatic carbocycles. The zero-order valence-corrected chi connectivity index (χ0v) is 11.8. The summed E-state index contributed by atoms with van der Waals surface area (Å²) in [6, 6.07) is 4.22. The third kappa shape index (κ3) is 6.71. The second-order valence-electron chi connectivity index (χ2n) is 4.48. The molecule has 7 heteroatoms. The van der Waals surface area contributed by atoms with Crippen LogP contribution in [-0.2, 0) is 16.1 Å². The monoisotopic (exact) mass is 298 g/mol. The summed E-state index contributed by atoms with van der Waals surface area (Å²) in [6.07, 6.45) is 0.800. The molecule has 2 amide bonds. The van der Waals surface area contributed by atoms with Gasteiger partial charge in [0.05, 0.1) is 0 Å². The highest BCUT2D eigenvalue weighted by molar-refractivity contribution is 5.82. The van der Waals surface area contributed by atoms with Crippen LogP contribution >= 0.6 is 0 Å². The van der Waals surface area contributed by atoms with Gasteiger partial charge in [0.1, 0.15) is 11.9 Å². The maximum Gasteiger partial charge on any atom is 0.326 e. The third-order valence-corrected chi connectivity index (χ3v) is 2.79. The fraction of sp³-hybridized carbons (Fsp3) is 0.429. The van der Waals surface area contributed by atoms with E-state index in [2.05, 4.69) is 10.6 Å². The van der Waals surface area contributed by atoms with Crippen molar-refractivity contribution in [2.24, 2.45) is 0 Å². The van der Waals surface area contributed by atoms with E-state index in [0.717, 1.165) is 0 Å². The number of nitrogens with one attached hydrogen (secondary N) is 2. The number of aliphatic carboxylic acids is 1. The zero-order chi connectivity index (χ0) is 15.7. The van der Waals surface area contributed by atoms with Gasteiger partial charge in [-0.2, -0.15) is 0 Å². The molecule has 0 aromatic heterocycles. The Morgan fingerprint density at radius 3 is 2.81 bits per heavy atom. The normalized spacial score (nSPS) is 11.7. The molecule has 0 saturated carbocycles. The summed E-state index contributed by atoms with van der Waals surface area (Å²) < 4.78 is 17.8. The summed E-state index contributed by atoms with van der Waals surface area (Å²) in [5, 5.41) is 13.9. The van der Waals surface area contributed by atoms with Gasteiger partial charge in [0.15, 0.2) is 0 Å². The highest BCUT2D eigenvalue weighted by Crippen LogP contribution is 2.03. The highest BCUT2D eigenvalue weighted by atomic mass is 19.1. The van der Waals surface area contributed by atoms with Gasteiger partial charge in [0.2, 0.25) is 0 Å². The van der Waals surface area contributed by atoms with Crippen LogP contribution in [0.15, 0.2) is 24.3 Å². The number of rotatable bonds is 8. The number of methoxy groups -OCH3 is 1. The molecule has 0 aliphatic heterocycles. The fourth-order valence-electron chi connectivity index (χ4n) is 1.73. The minimum absolute atomic E-state index is 0.119. The lowest BCUT2D eigenvalue weighted by Crippen LogP contribution is -2.45. The molecule has 1 unspecified atom stereocenters. The Morgan fingerprint density at radius 2 is 2.19 bits per heavy atom. The highest BCUT2D eigenvalue weighted by Gasteiger charge is 2.19. The van der Waals surface area contributed by atoms with E-state index in [1.165, 1.54) is 25.3 Å². The van der Waals surface area contributed by atoms with Crippen LogP contribution in [0.2, 0.25) is 0 Å². The Balaban J connectivity index is 2.41. The molecule has 0 radical (unpaired) electrons. The molecule has 0 aliphatic carbocycles. The van der Waals surface area contributed by atoms with E-state index in [0.29, 0.717) is 18.6 Å². The van der Waals surface area contributed by atoms with Crippen LogP contribution in [-0.4, -0.2) is 36.9 Å². The molecule has 116 valence electrons. The first-order chi connectivity index (χ1) is 10.0. The average Bonchev–Trinajstić information content (AvgIpc) is 2.44. The van der Waals surface area contributed by atoms with Crippen LogP contribution in [0.4, 0.5) is 9.18 Å². The average molecular weight is 298 g/mol. The number of urea groups is 1. The number of benzene rings is 1. The van der Waals surface area contributed by atoms with Crippen LogP contribution in [0.25, 0.3) is 0 Å². The van der Waals surface area contributed by atoms with Gasteiger partial charge < -0.3 is 20.5 Å². The first kappa shape index (κ1) is 16.9. The molecular formula is C14H19FN2O4. The third-order valence-electron chi connectivity index (χ3n) is 2.79. The predicted molar refractivity (Wildman–Crippen MR) is 74.3 cm³/mol. The number of carboxylic acid groups (broad SMARTS) is 1. The first-order valence-electron chi connectivity index (χ1n) is 6.53. The Hall–Kier alpha value is -2.15. The standard InChI is InChI=1S/C14H19FN2O4/c1-21-7-3-6-12(13(18)19)17-14(20)16-9-10-4-2-5-11(15)8-10/h2,4-5,8,12H,3,6-7,9H2,1H3,(H,18,19)(H2,16,17,20). The summed E-state index contributed by atoms with van der Waals surface area (Å²) in [5.41, 5.74) is 0.594. The lowest BCUT2D eigenvalue weighted by atomic mass is 10.1. The van der Waals surface area contributed by atoms with E-state index in [1.807, 2.05) is 0 Å². The Labute approximate surface area is 122 Å². The number of hydrogen-bond donors (Lipinski definition) is 3. The summed E-state index contributed by atoms with van der Waals surface area (Å²) in [7, 11) is 1.52. The molecule has 0 heterocycles. The second kappa shape index (κ2) is 8.91. The number of carbonyl (C=O) groups is 2. The van der Waals surface area contributed by atoms with E-state index in [-0.39, 0.29) is 13.0 Å². The molecule has 1 aromatic rings. The van der Waals surface area contributed by atoms with Crippen LogP contribution in [0.5, 0.6) is 0 Å². The van der Waals surface area contributed by atoms with E-state index < -0.39 is 23.9 Å². The Kier molecular flexibility index (Phi) is 7.17. The van der Waals surface area contributed by atoms with Crippen LogP contribution in [0, 0.1) is 5.82 Å². The van der Waals surface area contributed by atoms with E-state index in [4.69, 9.17) is 9.84 Å². The topological polar surface area (TPSA) is 87.7 Å². The molecule has 6 nitrogen and oxygen atoms in total. The number of carboxylic acids is 1. The van der Waals surface area contributed by atoms with Crippen LogP contribution < -0.4 is 10.6 Å². The first-order valence-corrected chi connectivity index (χ1v) is 6.53. The van der Waals surface area contributed by atoms with Gasteiger partial charge in [-0.1, -0.05) is 12.1 Å². The number of carbonyl (C=O) groups excluding carboxylic acids is 1. The summed E-state index contributed by atoms with van der Waals surface area (Å²) in [4.78, 5) is 22.7. The number of amides is 2. The largest absolute Gasteiger partial charge is 0.480 e. The van der Waals surface area contributed by atoms with Gasteiger partial charge >= 0.3 is 12.0 Å². The van der Waals surface area contributed by atoms with Crippen molar-refractivity contribution in [2.75, 3.05) is 13.7 Å². The van der Waals surface area contributed by atoms with Crippen molar-refractivity contribution >= 4 is 12.0 Å². The molecule has 0 saturated heterocycles. The quantitative estimate of drug-likeness (QED) is 0.635. The number of halogens is 1. The van der Waals surface area contributed by atoms with Crippen molar-refractivity contribution in [3.05, 3.63) is 35.6 Å². The number of hydrogen-bond acceptors (Lipinski definition) is 3. The van der Waals surface area contributed by atoms with Crippen molar-refractivity contribution in [1.29, 1.82) is 0 Å². The molecule has 1 rings (SSSR count). The van der Waals surface area contributed by atoms with Crippen molar-refractivity contribution in [3.8, 4) is 0 Å². The van der Waals surface area contributed by atoms with Gasteiger partial charge in [0, 0.05) is 20.3 Å². The molecular weight excluding hydrogens is 279 g/mol. The molecule has 0 bridgehead atoms. The van der Waals surface area contributed by atoms with E-state index >= 15 is 0 Å². The van der Waals surface area contributed by atoms with Gasteiger partial charge in [-0.15, -0.1) is 0 Å². The second-order valence-corrected chi connectivity index (χ2v) is 4.48. The van der Waals surface area contributed by atoms with Gasteiger partial charge in [-0.05, 0) is 30.5 Å². The summed E-state index contributed by atoms with van der Waals surface area (Å²) in [5.74, 6) is -1.50. The lowest BCUT2D eigenvalue weighted by molar-refractivity contribution is -0.139. The Morgan fingerprint density at radius 1 is 1.43 bits per heavy atom. The SMILES string of the molecule is COCCCC(NC(=O)NCc1cccc(F)c1)C(=O)O. The predicted octanol–water partition coefficient (Wildman–Crippen LogP) is 1.50. The van der Waals surface area contributed by atoms with Gasteiger partial charge in [-0.3, -0.25) is 0 Å². The Bertz CT molecular complexity index is 482. The maximum atomic E-state index is 13.0.